The van der Waals surface area contributed by atoms with E-state index < -0.39 is 0 Å². The fourth-order valence-corrected chi connectivity index (χ4v) is 1.83. The first-order valence-electron chi connectivity index (χ1n) is 4.70. The zero-order chi connectivity index (χ0) is 8.81. The Kier molecular flexibility index (Phi) is 3.85. The average Bonchev–Trinajstić information content (AvgIpc) is 2.15. The Labute approximate surface area is 74.0 Å². The summed E-state index contributed by atoms with van der Waals surface area (Å²) in [6.45, 7) is 3.69. The summed E-state index contributed by atoms with van der Waals surface area (Å²) in [4.78, 5) is 0. The van der Waals surface area contributed by atoms with Gasteiger partial charge in [0.15, 0.2) is 0 Å². The number of hydrogen-bond donors (Lipinski definition) is 1. The van der Waals surface area contributed by atoms with Gasteiger partial charge in [-0.2, -0.15) is 0 Å². The molecule has 1 unspecified atom stereocenters. The fraction of sp³-hybridized carbons (Fsp3) is 0.700. The molecule has 0 aromatic carbocycles. The summed E-state index contributed by atoms with van der Waals surface area (Å²) in [5.74, 6) is 0.516. The maximum atomic E-state index is 8.72. The Balaban J connectivity index is 2.42. The lowest BCUT2D eigenvalue weighted by Crippen LogP contribution is -2.19. The summed E-state index contributed by atoms with van der Waals surface area (Å²) in [6, 6.07) is 0. The zero-order valence-electron chi connectivity index (χ0n) is 7.50. The van der Waals surface area contributed by atoms with E-state index in [1.165, 1.54) is 19.3 Å². The van der Waals surface area contributed by atoms with E-state index in [1.807, 2.05) is 6.08 Å². The van der Waals surface area contributed by atoms with E-state index in [4.69, 9.17) is 5.21 Å². The SMILES string of the molecule is C=CCCC1CCCCC1=NO. The molecule has 0 saturated heterocycles. The number of oxime groups is 1. The van der Waals surface area contributed by atoms with Gasteiger partial charge in [0.1, 0.15) is 0 Å². The normalized spacial score (nSPS) is 27.3. The van der Waals surface area contributed by atoms with Crippen LogP contribution in [0.15, 0.2) is 17.8 Å². The van der Waals surface area contributed by atoms with Gasteiger partial charge in [-0.15, -0.1) is 6.58 Å². The zero-order valence-corrected chi connectivity index (χ0v) is 7.50. The smallest absolute Gasteiger partial charge is 0.0601 e. The van der Waals surface area contributed by atoms with E-state index in [0.29, 0.717) is 5.92 Å². The van der Waals surface area contributed by atoms with Crippen LogP contribution in [0.25, 0.3) is 0 Å². The number of rotatable bonds is 3. The van der Waals surface area contributed by atoms with Crippen molar-refractivity contribution in [2.24, 2.45) is 11.1 Å². The Morgan fingerprint density at radius 2 is 2.42 bits per heavy atom. The highest BCUT2D eigenvalue weighted by atomic mass is 16.4. The summed E-state index contributed by atoms with van der Waals surface area (Å²) < 4.78 is 0. The van der Waals surface area contributed by atoms with Gasteiger partial charge in [0.2, 0.25) is 0 Å². The molecule has 0 heterocycles. The topological polar surface area (TPSA) is 32.6 Å². The van der Waals surface area contributed by atoms with Gasteiger partial charge in [-0.1, -0.05) is 17.7 Å². The second kappa shape index (κ2) is 4.96. The standard InChI is InChI=1S/C10H17NO/c1-2-3-6-9-7-4-5-8-10(9)11-12/h2,9,12H,1,3-8H2. The predicted molar refractivity (Wildman–Crippen MR) is 50.6 cm³/mol. The Bertz CT molecular complexity index is 175. The third-order valence-electron chi connectivity index (χ3n) is 2.55. The molecule has 0 radical (unpaired) electrons. The van der Waals surface area contributed by atoms with E-state index >= 15 is 0 Å². The van der Waals surface area contributed by atoms with E-state index in [0.717, 1.165) is 25.0 Å². The minimum atomic E-state index is 0.516. The van der Waals surface area contributed by atoms with Crippen LogP contribution in [0.4, 0.5) is 0 Å². The molecule has 1 rings (SSSR count). The number of allylic oxidation sites excluding steroid dienone is 1. The van der Waals surface area contributed by atoms with Gasteiger partial charge in [0.05, 0.1) is 5.71 Å². The van der Waals surface area contributed by atoms with Crippen molar-refractivity contribution in [3.05, 3.63) is 12.7 Å². The minimum Gasteiger partial charge on any atom is -0.411 e. The lowest BCUT2D eigenvalue weighted by atomic mass is 9.84. The molecule has 1 N–H and O–H groups in total. The highest BCUT2D eigenvalue weighted by Gasteiger charge is 2.19. The molecule has 2 heteroatoms. The molecule has 0 aliphatic heterocycles. The van der Waals surface area contributed by atoms with Crippen molar-refractivity contribution in [1.82, 2.24) is 0 Å². The number of hydrogen-bond acceptors (Lipinski definition) is 2. The maximum Gasteiger partial charge on any atom is 0.0601 e. The molecular weight excluding hydrogens is 150 g/mol. The van der Waals surface area contributed by atoms with Crippen LogP contribution in [0.1, 0.15) is 38.5 Å². The van der Waals surface area contributed by atoms with Crippen LogP contribution >= 0.6 is 0 Å². The summed E-state index contributed by atoms with van der Waals surface area (Å²) >= 11 is 0. The summed E-state index contributed by atoms with van der Waals surface area (Å²) in [5, 5.41) is 12.1. The first-order valence-corrected chi connectivity index (χ1v) is 4.70. The van der Waals surface area contributed by atoms with Crippen molar-refractivity contribution in [2.45, 2.75) is 38.5 Å². The molecule has 2 nitrogen and oxygen atoms in total. The van der Waals surface area contributed by atoms with Crippen molar-refractivity contribution >= 4 is 5.71 Å². The second-order valence-corrected chi connectivity index (χ2v) is 3.40. The van der Waals surface area contributed by atoms with Crippen LogP contribution in [0.2, 0.25) is 0 Å². The van der Waals surface area contributed by atoms with E-state index in [1.54, 1.807) is 0 Å². The van der Waals surface area contributed by atoms with Gasteiger partial charge >= 0.3 is 0 Å². The van der Waals surface area contributed by atoms with E-state index in [2.05, 4.69) is 11.7 Å². The van der Waals surface area contributed by atoms with Crippen molar-refractivity contribution in [3.63, 3.8) is 0 Å². The van der Waals surface area contributed by atoms with Crippen LogP contribution in [0.3, 0.4) is 0 Å². The predicted octanol–water partition coefficient (Wildman–Crippen LogP) is 2.97. The molecule has 1 aliphatic carbocycles. The fourth-order valence-electron chi connectivity index (χ4n) is 1.83. The molecule has 0 aromatic rings. The van der Waals surface area contributed by atoms with E-state index in [-0.39, 0.29) is 0 Å². The summed E-state index contributed by atoms with van der Waals surface area (Å²) in [5.41, 5.74) is 1.00. The first-order chi connectivity index (χ1) is 5.88. The molecule has 12 heavy (non-hydrogen) atoms. The van der Waals surface area contributed by atoms with Gasteiger partial charge < -0.3 is 5.21 Å². The van der Waals surface area contributed by atoms with Gasteiger partial charge in [-0.3, -0.25) is 0 Å². The second-order valence-electron chi connectivity index (χ2n) is 3.40. The molecule has 0 amide bonds. The maximum absolute atomic E-state index is 8.72. The summed E-state index contributed by atoms with van der Waals surface area (Å²) in [6.07, 6.45) is 8.70. The van der Waals surface area contributed by atoms with Crippen molar-refractivity contribution in [3.8, 4) is 0 Å². The van der Waals surface area contributed by atoms with Gasteiger partial charge in [-0.05, 0) is 32.1 Å². The molecule has 0 aromatic heterocycles. The lowest BCUT2D eigenvalue weighted by molar-refractivity contribution is 0.307. The molecule has 1 fully saturated rings. The molecule has 0 bridgehead atoms. The van der Waals surface area contributed by atoms with Crippen molar-refractivity contribution in [2.75, 3.05) is 0 Å². The molecule has 1 aliphatic rings. The van der Waals surface area contributed by atoms with Crippen LogP contribution in [-0.4, -0.2) is 10.9 Å². The van der Waals surface area contributed by atoms with Gasteiger partial charge in [-0.25, -0.2) is 0 Å². The molecule has 1 atom stereocenters. The van der Waals surface area contributed by atoms with Crippen LogP contribution < -0.4 is 0 Å². The molecule has 1 saturated carbocycles. The molecular formula is C10H17NO. The molecule has 68 valence electrons. The summed E-state index contributed by atoms with van der Waals surface area (Å²) in [7, 11) is 0. The van der Waals surface area contributed by atoms with E-state index in [9.17, 15) is 0 Å². The third kappa shape index (κ3) is 2.36. The third-order valence-corrected chi connectivity index (χ3v) is 2.55. The number of nitrogens with zero attached hydrogens (tertiary/aromatic N) is 1. The average molecular weight is 167 g/mol. The molecule has 0 spiro atoms. The lowest BCUT2D eigenvalue weighted by Gasteiger charge is -2.22. The first kappa shape index (κ1) is 9.30. The van der Waals surface area contributed by atoms with Crippen molar-refractivity contribution in [1.29, 1.82) is 0 Å². The van der Waals surface area contributed by atoms with Crippen LogP contribution in [-0.2, 0) is 0 Å². The quantitative estimate of drug-likeness (QED) is 0.391. The van der Waals surface area contributed by atoms with Crippen molar-refractivity contribution < 1.29 is 5.21 Å². The van der Waals surface area contributed by atoms with Gasteiger partial charge in [0.25, 0.3) is 0 Å². The Hall–Kier alpha value is -0.790. The van der Waals surface area contributed by atoms with Crippen LogP contribution in [0, 0.1) is 5.92 Å². The Morgan fingerprint density at radius 3 is 3.08 bits per heavy atom. The largest absolute Gasteiger partial charge is 0.411 e. The monoisotopic (exact) mass is 167 g/mol. The van der Waals surface area contributed by atoms with Gasteiger partial charge in [0, 0.05) is 5.92 Å². The minimum absolute atomic E-state index is 0.516. The highest BCUT2D eigenvalue weighted by Crippen LogP contribution is 2.25. The highest BCUT2D eigenvalue weighted by molar-refractivity contribution is 5.86. The Morgan fingerprint density at radius 1 is 1.58 bits per heavy atom. The van der Waals surface area contributed by atoms with Crippen LogP contribution in [0.5, 0.6) is 0 Å².